The fraction of sp³-hybridized carbons (Fsp3) is 0.222. The van der Waals surface area contributed by atoms with E-state index in [1.165, 1.54) is 0 Å². The fourth-order valence-electron chi connectivity index (χ4n) is 0.980. The summed E-state index contributed by atoms with van der Waals surface area (Å²) in [6, 6.07) is 7.61. The lowest BCUT2D eigenvalue weighted by Crippen LogP contribution is -2.13. The molecule has 0 fully saturated rings. The van der Waals surface area contributed by atoms with Crippen LogP contribution in [0.25, 0.3) is 0 Å². The minimum atomic E-state index is -0.168. The number of aldehydes is 1. The fourth-order valence-corrected chi connectivity index (χ4v) is 1.24. The van der Waals surface area contributed by atoms with Crippen LogP contribution in [0.3, 0.4) is 0 Å². The van der Waals surface area contributed by atoms with E-state index in [9.17, 15) is 4.79 Å². The third-order valence-electron chi connectivity index (χ3n) is 1.72. The number of benzene rings is 1. The van der Waals surface area contributed by atoms with Crippen LogP contribution >= 0.6 is 15.9 Å². The molecule has 2 N–H and O–H groups in total. The molecule has 64 valence electrons. The van der Waals surface area contributed by atoms with Gasteiger partial charge in [-0.3, -0.25) is 0 Å². The Bertz CT molecular complexity index is 258. The number of hydrogen-bond donors (Lipinski definition) is 1. The highest BCUT2D eigenvalue weighted by Gasteiger charge is 2.06. The predicted octanol–water partition coefficient (Wildman–Crippen LogP) is 1.69. The maximum atomic E-state index is 10.5. The third-order valence-corrected chi connectivity index (χ3v) is 2.25. The van der Waals surface area contributed by atoms with Gasteiger partial charge in [0.25, 0.3) is 0 Å². The van der Waals surface area contributed by atoms with Crippen LogP contribution in [0, 0.1) is 0 Å². The van der Waals surface area contributed by atoms with E-state index in [4.69, 9.17) is 5.73 Å². The van der Waals surface area contributed by atoms with Crippen molar-refractivity contribution >= 4 is 22.2 Å². The molecule has 0 heterocycles. The van der Waals surface area contributed by atoms with E-state index in [0.717, 1.165) is 16.3 Å². The minimum absolute atomic E-state index is 0.168. The average molecular weight is 228 g/mol. The number of carbonyl (C=O) groups excluding carboxylic acids is 1. The molecule has 1 unspecified atom stereocenters. The Morgan fingerprint density at radius 3 is 2.42 bits per heavy atom. The summed E-state index contributed by atoms with van der Waals surface area (Å²) in [4.78, 5) is 10.5. The van der Waals surface area contributed by atoms with Gasteiger partial charge in [-0.15, -0.1) is 0 Å². The zero-order valence-electron chi connectivity index (χ0n) is 6.53. The van der Waals surface area contributed by atoms with Crippen molar-refractivity contribution in [3.05, 3.63) is 34.3 Å². The summed E-state index contributed by atoms with van der Waals surface area (Å²) in [5, 5.41) is 0. The van der Waals surface area contributed by atoms with Crippen LogP contribution in [0.15, 0.2) is 28.7 Å². The Labute approximate surface area is 79.9 Å². The number of halogens is 1. The van der Waals surface area contributed by atoms with Crippen molar-refractivity contribution in [2.75, 3.05) is 6.54 Å². The van der Waals surface area contributed by atoms with Crippen molar-refractivity contribution < 1.29 is 4.79 Å². The Morgan fingerprint density at radius 2 is 2.00 bits per heavy atom. The van der Waals surface area contributed by atoms with E-state index in [1.54, 1.807) is 0 Å². The second-order valence-corrected chi connectivity index (χ2v) is 3.45. The van der Waals surface area contributed by atoms with Crippen LogP contribution in [0.4, 0.5) is 0 Å². The van der Waals surface area contributed by atoms with Crippen molar-refractivity contribution in [1.82, 2.24) is 0 Å². The topological polar surface area (TPSA) is 43.1 Å². The summed E-state index contributed by atoms with van der Waals surface area (Å²) < 4.78 is 1.01. The first kappa shape index (κ1) is 9.42. The highest BCUT2D eigenvalue weighted by molar-refractivity contribution is 9.10. The second kappa shape index (κ2) is 4.38. The molecular formula is C9H10BrNO. The molecule has 0 aliphatic rings. The molecule has 1 aromatic rings. The summed E-state index contributed by atoms with van der Waals surface area (Å²) in [6.45, 7) is 0.366. The molecule has 0 aromatic heterocycles. The largest absolute Gasteiger partial charge is 0.329 e. The molecule has 1 atom stereocenters. The van der Waals surface area contributed by atoms with E-state index in [0.29, 0.717) is 6.54 Å². The van der Waals surface area contributed by atoms with Crippen LogP contribution in [-0.4, -0.2) is 12.8 Å². The van der Waals surface area contributed by atoms with E-state index in [-0.39, 0.29) is 5.92 Å². The van der Waals surface area contributed by atoms with Gasteiger partial charge < -0.3 is 10.5 Å². The van der Waals surface area contributed by atoms with Crippen LogP contribution in [-0.2, 0) is 4.79 Å². The van der Waals surface area contributed by atoms with Crippen LogP contribution in [0.5, 0.6) is 0 Å². The number of nitrogens with two attached hydrogens (primary N) is 1. The molecular weight excluding hydrogens is 218 g/mol. The standard InChI is InChI=1S/C9H10BrNO/c10-9-3-1-7(2-4-9)8(5-11)6-12/h1-4,6,8H,5,11H2. The molecule has 0 aliphatic carbocycles. The molecule has 0 saturated heterocycles. The van der Waals surface area contributed by atoms with Gasteiger partial charge >= 0.3 is 0 Å². The summed E-state index contributed by atoms with van der Waals surface area (Å²) in [5.41, 5.74) is 6.38. The Balaban J connectivity index is 2.87. The molecule has 0 bridgehead atoms. The van der Waals surface area contributed by atoms with Crippen LogP contribution in [0.2, 0.25) is 0 Å². The highest BCUT2D eigenvalue weighted by atomic mass is 79.9. The molecule has 0 aliphatic heterocycles. The Kier molecular flexibility index (Phi) is 3.44. The van der Waals surface area contributed by atoms with Gasteiger partial charge in [-0.25, -0.2) is 0 Å². The van der Waals surface area contributed by atoms with Crippen LogP contribution < -0.4 is 5.73 Å². The first-order valence-electron chi connectivity index (χ1n) is 3.68. The molecule has 0 amide bonds. The molecule has 0 saturated carbocycles. The van der Waals surface area contributed by atoms with Gasteiger partial charge in [0.2, 0.25) is 0 Å². The summed E-state index contributed by atoms with van der Waals surface area (Å²) in [7, 11) is 0. The van der Waals surface area contributed by atoms with E-state index >= 15 is 0 Å². The van der Waals surface area contributed by atoms with Crippen LogP contribution in [0.1, 0.15) is 11.5 Å². The maximum absolute atomic E-state index is 10.5. The number of carbonyl (C=O) groups is 1. The lowest BCUT2D eigenvalue weighted by atomic mass is 10.0. The minimum Gasteiger partial charge on any atom is -0.329 e. The molecule has 0 radical (unpaired) electrons. The lowest BCUT2D eigenvalue weighted by Gasteiger charge is -2.06. The third kappa shape index (κ3) is 2.16. The van der Waals surface area contributed by atoms with E-state index in [2.05, 4.69) is 15.9 Å². The first-order chi connectivity index (χ1) is 5.77. The van der Waals surface area contributed by atoms with Gasteiger partial charge in [0.15, 0.2) is 0 Å². The quantitative estimate of drug-likeness (QED) is 0.800. The zero-order chi connectivity index (χ0) is 8.97. The average Bonchev–Trinajstić information content (AvgIpc) is 2.10. The Morgan fingerprint density at radius 1 is 1.42 bits per heavy atom. The van der Waals surface area contributed by atoms with Crippen molar-refractivity contribution in [2.24, 2.45) is 5.73 Å². The van der Waals surface area contributed by atoms with Gasteiger partial charge in [-0.05, 0) is 17.7 Å². The highest BCUT2D eigenvalue weighted by Crippen LogP contribution is 2.16. The SMILES string of the molecule is NCC(C=O)c1ccc(Br)cc1. The molecule has 1 rings (SSSR count). The van der Waals surface area contributed by atoms with Gasteiger partial charge in [-0.2, -0.15) is 0 Å². The first-order valence-corrected chi connectivity index (χ1v) is 4.48. The summed E-state index contributed by atoms with van der Waals surface area (Å²) in [5.74, 6) is -0.168. The molecule has 3 heteroatoms. The molecule has 0 spiro atoms. The monoisotopic (exact) mass is 227 g/mol. The zero-order valence-corrected chi connectivity index (χ0v) is 8.12. The molecule has 1 aromatic carbocycles. The number of rotatable bonds is 3. The van der Waals surface area contributed by atoms with Crippen molar-refractivity contribution in [3.8, 4) is 0 Å². The normalized spacial score (nSPS) is 12.5. The van der Waals surface area contributed by atoms with Gasteiger partial charge in [0.05, 0.1) is 5.92 Å². The molecule has 12 heavy (non-hydrogen) atoms. The van der Waals surface area contributed by atoms with Gasteiger partial charge in [-0.1, -0.05) is 28.1 Å². The van der Waals surface area contributed by atoms with Gasteiger partial charge in [0.1, 0.15) is 6.29 Å². The summed E-state index contributed by atoms with van der Waals surface area (Å²) in [6.07, 6.45) is 0.878. The maximum Gasteiger partial charge on any atom is 0.128 e. The smallest absolute Gasteiger partial charge is 0.128 e. The van der Waals surface area contributed by atoms with Gasteiger partial charge in [0, 0.05) is 11.0 Å². The van der Waals surface area contributed by atoms with Crippen molar-refractivity contribution in [2.45, 2.75) is 5.92 Å². The number of hydrogen-bond acceptors (Lipinski definition) is 2. The lowest BCUT2D eigenvalue weighted by molar-refractivity contribution is -0.108. The summed E-state index contributed by atoms with van der Waals surface area (Å²) >= 11 is 3.32. The predicted molar refractivity (Wildman–Crippen MR) is 52.0 cm³/mol. The Hall–Kier alpha value is -0.670. The second-order valence-electron chi connectivity index (χ2n) is 2.53. The van der Waals surface area contributed by atoms with E-state index < -0.39 is 0 Å². The van der Waals surface area contributed by atoms with E-state index in [1.807, 2.05) is 24.3 Å². The molecule has 2 nitrogen and oxygen atoms in total. The van der Waals surface area contributed by atoms with Crippen molar-refractivity contribution in [3.63, 3.8) is 0 Å². The van der Waals surface area contributed by atoms with Crippen molar-refractivity contribution in [1.29, 1.82) is 0 Å².